The largest absolute Gasteiger partial charge is 0.351 e. The Morgan fingerprint density at radius 1 is 1.15 bits per heavy atom. The van der Waals surface area contributed by atoms with Crippen molar-refractivity contribution in [1.29, 1.82) is 0 Å². The summed E-state index contributed by atoms with van der Waals surface area (Å²) in [6.45, 7) is 0.451. The number of amides is 1. The second-order valence-electron chi connectivity index (χ2n) is 5.78. The Hall–Kier alpha value is -2.84. The van der Waals surface area contributed by atoms with Crippen LogP contribution < -0.4 is 5.32 Å². The maximum absolute atomic E-state index is 13.0. The lowest BCUT2D eigenvalue weighted by Gasteiger charge is -2.02. The molecule has 0 saturated carbocycles. The number of rotatable bonds is 6. The van der Waals surface area contributed by atoms with Crippen LogP contribution in [0.25, 0.3) is 22.2 Å². The number of carbonyl (C=O) groups excluding carboxylic acids is 1. The molecule has 0 aliphatic rings. The van der Waals surface area contributed by atoms with E-state index in [1.165, 1.54) is 23.5 Å². The van der Waals surface area contributed by atoms with Gasteiger partial charge in [-0.3, -0.25) is 4.79 Å². The molecule has 1 aromatic carbocycles. The fraction of sp³-hybridized carbons (Fsp3) is 0.105. The Morgan fingerprint density at radius 3 is 2.78 bits per heavy atom. The maximum atomic E-state index is 13.0. The molecule has 0 aliphatic heterocycles. The predicted octanol–water partition coefficient (Wildman–Crippen LogP) is 4.52. The first-order valence-electron chi connectivity index (χ1n) is 8.14. The van der Waals surface area contributed by atoms with Gasteiger partial charge in [0.1, 0.15) is 5.82 Å². The van der Waals surface area contributed by atoms with E-state index in [4.69, 9.17) is 4.52 Å². The van der Waals surface area contributed by atoms with Crippen molar-refractivity contribution in [2.75, 3.05) is 0 Å². The molecule has 0 fully saturated rings. The van der Waals surface area contributed by atoms with Crippen molar-refractivity contribution in [2.24, 2.45) is 0 Å². The monoisotopic (exact) mass is 399 g/mol. The van der Waals surface area contributed by atoms with E-state index in [9.17, 15) is 9.18 Å². The lowest BCUT2D eigenvalue weighted by molar-refractivity contribution is -0.120. The number of hydrogen-bond acceptors (Lipinski definition) is 6. The van der Waals surface area contributed by atoms with E-state index in [-0.39, 0.29) is 11.7 Å². The zero-order valence-electron chi connectivity index (χ0n) is 14.0. The van der Waals surface area contributed by atoms with E-state index in [1.54, 1.807) is 23.5 Å². The number of halogens is 1. The molecule has 8 heteroatoms. The summed E-state index contributed by atoms with van der Waals surface area (Å²) in [5, 5.41) is 10.8. The molecular weight excluding hydrogens is 385 g/mol. The summed E-state index contributed by atoms with van der Waals surface area (Å²) < 4.78 is 18.3. The number of thiophene rings is 2. The summed E-state index contributed by atoms with van der Waals surface area (Å²) in [6, 6.07) is 11.7. The molecule has 3 heterocycles. The van der Waals surface area contributed by atoms with Gasteiger partial charge in [-0.05, 0) is 58.8 Å². The Balaban J connectivity index is 1.39. The topological polar surface area (TPSA) is 68.0 Å². The first-order chi connectivity index (χ1) is 13.2. The van der Waals surface area contributed by atoms with Crippen LogP contribution in [0.1, 0.15) is 10.4 Å². The van der Waals surface area contributed by atoms with Gasteiger partial charge in [0.15, 0.2) is 0 Å². The maximum Gasteiger partial charge on any atom is 0.268 e. The van der Waals surface area contributed by atoms with Crippen molar-refractivity contribution < 1.29 is 13.7 Å². The van der Waals surface area contributed by atoms with Gasteiger partial charge in [-0.1, -0.05) is 5.16 Å². The predicted molar refractivity (Wildman–Crippen MR) is 103 cm³/mol. The summed E-state index contributed by atoms with van der Waals surface area (Å²) in [7, 11) is 0. The van der Waals surface area contributed by atoms with Gasteiger partial charge in [0.25, 0.3) is 5.89 Å². The normalized spacial score (nSPS) is 10.9. The van der Waals surface area contributed by atoms with Crippen LogP contribution >= 0.6 is 22.7 Å². The van der Waals surface area contributed by atoms with Crippen LogP contribution in [0.2, 0.25) is 0 Å². The van der Waals surface area contributed by atoms with Gasteiger partial charge < -0.3 is 9.84 Å². The third kappa shape index (κ3) is 4.29. The zero-order chi connectivity index (χ0) is 18.6. The van der Waals surface area contributed by atoms with Crippen molar-refractivity contribution in [3.05, 3.63) is 69.5 Å². The molecule has 0 spiro atoms. The molecular formula is C19H14FN3O2S2. The van der Waals surface area contributed by atoms with Crippen molar-refractivity contribution in [1.82, 2.24) is 15.5 Å². The van der Waals surface area contributed by atoms with Gasteiger partial charge in [0.05, 0.1) is 17.8 Å². The van der Waals surface area contributed by atoms with Crippen molar-refractivity contribution in [3.8, 4) is 22.2 Å². The minimum atomic E-state index is -0.314. The molecule has 27 heavy (non-hydrogen) atoms. The SMILES string of the molecule is O=C(Cc1ccsc1)NCc1ccc(-c2nc(-c3ccc(F)cc3)no2)s1. The number of aromatic nitrogens is 2. The standard InChI is InChI=1S/C19H14FN3O2S2/c20-14-3-1-13(2-4-14)18-22-19(25-23-18)16-6-5-15(27-16)10-21-17(24)9-12-7-8-26-11-12/h1-8,11H,9-10H2,(H,21,24). The first-order valence-corrected chi connectivity index (χ1v) is 9.90. The van der Waals surface area contributed by atoms with E-state index >= 15 is 0 Å². The number of benzene rings is 1. The zero-order valence-corrected chi connectivity index (χ0v) is 15.6. The Labute approximate surface area is 162 Å². The minimum Gasteiger partial charge on any atom is -0.351 e. The lowest BCUT2D eigenvalue weighted by atomic mass is 10.2. The molecule has 1 amide bonds. The molecule has 4 aromatic rings. The highest BCUT2D eigenvalue weighted by atomic mass is 32.1. The van der Waals surface area contributed by atoms with Gasteiger partial charge >= 0.3 is 0 Å². The van der Waals surface area contributed by atoms with Crippen LogP contribution in [-0.4, -0.2) is 16.0 Å². The highest BCUT2D eigenvalue weighted by Crippen LogP contribution is 2.28. The van der Waals surface area contributed by atoms with Gasteiger partial charge in [-0.15, -0.1) is 11.3 Å². The molecule has 136 valence electrons. The molecule has 5 nitrogen and oxygen atoms in total. The Bertz CT molecular complexity index is 1040. The molecule has 4 rings (SSSR count). The molecule has 1 N–H and O–H groups in total. The van der Waals surface area contributed by atoms with Gasteiger partial charge in [0, 0.05) is 10.4 Å². The second-order valence-corrected chi connectivity index (χ2v) is 7.73. The lowest BCUT2D eigenvalue weighted by Crippen LogP contribution is -2.23. The molecule has 0 saturated heterocycles. The first kappa shape index (κ1) is 17.6. The highest BCUT2D eigenvalue weighted by Gasteiger charge is 2.13. The number of hydrogen-bond donors (Lipinski definition) is 1. The molecule has 3 aromatic heterocycles. The van der Waals surface area contributed by atoms with Crippen LogP contribution in [0.3, 0.4) is 0 Å². The Kier molecular flexibility index (Phi) is 5.08. The van der Waals surface area contributed by atoms with Crippen molar-refractivity contribution >= 4 is 28.6 Å². The quantitative estimate of drug-likeness (QED) is 0.517. The molecule has 0 radical (unpaired) electrons. The second kappa shape index (κ2) is 7.81. The summed E-state index contributed by atoms with van der Waals surface area (Å²) in [5.74, 6) is 0.477. The highest BCUT2D eigenvalue weighted by molar-refractivity contribution is 7.15. The average molecular weight is 399 g/mol. The third-order valence-electron chi connectivity index (χ3n) is 3.81. The van der Waals surface area contributed by atoms with Crippen LogP contribution in [0.4, 0.5) is 4.39 Å². The molecule has 0 unspecified atom stereocenters. The van der Waals surface area contributed by atoms with Crippen LogP contribution in [0.5, 0.6) is 0 Å². The van der Waals surface area contributed by atoms with E-state index in [0.717, 1.165) is 15.3 Å². The van der Waals surface area contributed by atoms with Crippen LogP contribution in [0, 0.1) is 5.82 Å². The molecule has 0 atom stereocenters. The summed E-state index contributed by atoms with van der Waals surface area (Å²) in [6.07, 6.45) is 0.381. The minimum absolute atomic E-state index is 0.0141. The summed E-state index contributed by atoms with van der Waals surface area (Å²) in [4.78, 5) is 18.1. The number of nitrogens with one attached hydrogen (secondary N) is 1. The van der Waals surface area contributed by atoms with Gasteiger partial charge in [-0.2, -0.15) is 16.3 Å². The fourth-order valence-electron chi connectivity index (χ4n) is 2.45. The van der Waals surface area contributed by atoms with Crippen molar-refractivity contribution in [2.45, 2.75) is 13.0 Å². The molecule has 0 bridgehead atoms. The van der Waals surface area contributed by atoms with Gasteiger partial charge in [0.2, 0.25) is 11.7 Å². The summed E-state index contributed by atoms with van der Waals surface area (Å²) in [5.41, 5.74) is 1.70. The fourth-order valence-corrected chi connectivity index (χ4v) is 3.99. The van der Waals surface area contributed by atoms with E-state index < -0.39 is 0 Å². The number of nitrogens with zero attached hydrogens (tertiary/aromatic N) is 2. The van der Waals surface area contributed by atoms with E-state index in [1.807, 2.05) is 29.0 Å². The van der Waals surface area contributed by atoms with Crippen LogP contribution in [0.15, 0.2) is 57.7 Å². The third-order valence-corrected chi connectivity index (χ3v) is 5.61. The van der Waals surface area contributed by atoms with Gasteiger partial charge in [-0.25, -0.2) is 4.39 Å². The average Bonchev–Trinajstić information content (AvgIpc) is 3.42. The smallest absolute Gasteiger partial charge is 0.268 e. The summed E-state index contributed by atoms with van der Waals surface area (Å²) >= 11 is 3.06. The van der Waals surface area contributed by atoms with E-state index in [0.29, 0.717) is 30.2 Å². The van der Waals surface area contributed by atoms with E-state index in [2.05, 4.69) is 15.5 Å². The van der Waals surface area contributed by atoms with Crippen molar-refractivity contribution in [3.63, 3.8) is 0 Å². The molecule has 0 aliphatic carbocycles. The Morgan fingerprint density at radius 2 is 2.00 bits per heavy atom. The van der Waals surface area contributed by atoms with Crippen LogP contribution in [-0.2, 0) is 17.8 Å². The number of carbonyl (C=O) groups is 1.